The van der Waals surface area contributed by atoms with Gasteiger partial charge in [0.05, 0.1) is 22.0 Å². The molecular weight excluding hydrogens is 471 g/mol. The van der Waals surface area contributed by atoms with E-state index < -0.39 is 28.0 Å². The highest BCUT2D eigenvalue weighted by Crippen LogP contribution is 2.38. The second-order valence-electron chi connectivity index (χ2n) is 7.24. The molecule has 2 aliphatic heterocycles. The molecule has 0 bridgehead atoms. The van der Waals surface area contributed by atoms with E-state index in [4.69, 9.17) is 11.6 Å². The van der Waals surface area contributed by atoms with Crippen molar-refractivity contribution in [2.24, 2.45) is 4.40 Å². The predicted octanol–water partition coefficient (Wildman–Crippen LogP) is 4.97. The molecule has 4 rings (SSSR count). The molecule has 12 heteroatoms. The van der Waals surface area contributed by atoms with Crippen molar-refractivity contribution in [3.8, 4) is 5.75 Å². The zero-order chi connectivity index (χ0) is 23.1. The first-order chi connectivity index (χ1) is 15.0. The van der Waals surface area contributed by atoms with Gasteiger partial charge in [0.1, 0.15) is 10.7 Å². The summed E-state index contributed by atoms with van der Waals surface area (Å²) in [5, 5.41) is 2.25. The topological polar surface area (TPSA) is 88.1 Å². The summed E-state index contributed by atoms with van der Waals surface area (Å²) in [6.45, 7) is 0.561. The van der Waals surface area contributed by atoms with Crippen molar-refractivity contribution in [2.45, 2.75) is 36.9 Å². The molecule has 0 atom stereocenters. The van der Waals surface area contributed by atoms with Crippen LogP contribution in [0.3, 0.4) is 0 Å². The van der Waals surface area contributed by atoms with Crippen LogP contribution >= 0.6 is 11.6 Å². The van der Waals surface area contributed by atoms with Gasteiger partial charge in [0.2, 0.25) is 0 Å². The molecule has 0 saturated carbocycles. The standard InChI is InChI=1S/C20H17ClF3N3O4S/c21-13-11-15-17(32(29,30)26-18-8-2-1-5-9-27(15)18)10-12(13)19(28)25-14-6-3-4-7-16(14)31-20(22,23)24/h3-4,6-7,10-11H,1-2,5,8-9H2,(H,25,28). The average Bonchev–Trinajstić information content (AvgIpc) is 2.92. The minimum atomic E-state index is -4.96. The Labute approximate surface area is 186 Å². The predicted molar refractivity (Wildman–Crippen MR) is 113 cm³/mol. The van der Waals surface area contributed by atoms with Gasteiger partial charge in [-0.15, -0.1) is 17.6 Å². The zero-order valence-corrected chi connectivity index (χ0v) is 18.0. The van der Waals surface area contributed by atoms with Crippen molar-refractivity contribution < 1.29 is 31.1 Å². The zero-order valence-electron chi connectivity index (χ0n) is 16.4. The van der Waals surface area contributed by atoms with E-state index in [0.29, 0.717) is 24.5 Å². The largest absolute Gasteiger partial charge is 0.573 e. The van der Waals surface area contributed by atoms with E-state index in [1.165, 1.54) is 24.3 Å². The number of nitrogens with zero attached hydrogens (tertiary/aromatic N) is 2. The first kappa shape index (κ1) is 22.4. The molecule has 2 aromatic rings. The quantitative estimate of drug-likeness (QED) is 0.660. The van der Waals surface area contributed by atoms with E-state index in [1.54, 1.807) is 4.90 Å². The van der Waals surface area contributed by atoms with Crippen LogP contribution in [0.2, 0.25) is 5.02 Å². The maximum atomic E-state index is 12.8. The Morgan fingerprint density at radius 1 is 1.16 bits per heavy atom. The fourth-order valence-electron chi connectivity index (χ4n) is 3.64. The number of anilines is 2. The molecule has 0 unspecified atom stereocenters. The molecule has 7 nitrogen and oxygen atoms in total. The molecular formula is C20H17ClF3N3O4S. The number of ether oxygens (including phenoxy) is 1. The number of fused-ring (bicyclic) bond motifs is 3. The van der Waals surface area contributed by atoms with E-state index in [9.17, 15) is 26.4 Å². The van der Waals surface area contributed by atoms with Gasteiger partial charge < -0.3 is 15.0 Å². The molecule has 0 radical (unpaired) electrons. The molecule has 0 aliphatic carbocycles. The first-order valence-electron chi connectivity index (χ1n) is 9.66. The summed E-state index contributed by atoms with van der Waals surface area (Å²) in [6.07, 6.45) is -1.86. The number of carbonyl (C=O) groups is 1. The van der Waals surface area contributed by atoms with Crippen LogP contribution in [0.15, 0.2) is 45.7 Å². The van der Waals surface area contributed by atoms with E-state index in [0.717, 1.165) is 31.4 Å². The smallest absolute Gasteiger partial charge is 0.404 e. The number of benzene rings is 2. The summed E-state index contributed by atoms with van der Waals surface area (Å²) in [4.78, 5) is 14.4. The van der Waals surface area contributed by atoms with Gasteiger partial charge in [-0.1, -0.05) is 30.2 Å². The van der Waals surface area contributed by atoms with Crippen LogP contribution in [0.25, 0.3) is 0 Å². The second kappa shape index (κ2) is 8.28. The lowest BCUT2D eigenvalue weighted by atomic mass is 10.1. The SMILES string of the molecule is O=C(Nc1ccccc1OC(F)(F)F)c1cc2c(cc1Cl)N1CCCCCC1=NS2(=O)=O. The van der Waals surface area contributed by atoms with Gasteiger partial charge in [0.25, 0.3) is 15.9 Å². The number of amidine groups is 1. The third-order valence-electron chi connectivity index (χ3n) is 5.04. The number of hydrogen-bond acceptors (Lipinski definition) is 5. The van der Waals surface area contributed by atoms with Gasteiger partial charge in [-0.3, -0.25) is 4.79 Å². The van der Waals surface area contributed by atoms with Gasteiger partial charge in [0, 0.05) is 13.0 Å². The van der Waals surface area contributed by atoms with Crippen LogP contribution in [0, 0.1) is 0 Å². The van der Waals surface area contributed by atoms with Crippen molar-refractivity contribution in [1.29, 1.82) is 0 Å². The molecule has 2 aliphatic rings. The Morgan fingerprint density at radius 3 is 2.66 bits per heavy atom. The van der Waals surface area contributed by atoms with Crippen LogP contribution < -0.4 is 15.0 Å². The summed E-state index contributed by atoms with van der Waals surface area (Å²) in [5.41, 5.74) is -0.136. The highest BCUT2D eigenvalue weighted by molar-refractivity contribution is 7.90. The first-order valence-corrected chi connectivity index (χ1v) is 11.5. The molecule has 32 heavy (non-hydrogen) atoms. The van der Waals surface area contributed by atoms with Crippen LogP contribution in [-0.4, -0.2) is 33.1 Å². The van der Waals surface area contributed by atoms with Crippen molar-refractivity contribution >= 4 is 44.7 Å². The molecule has 0 spiro atoms. The third-order valence-corrected chi connectivity index (χ3v) is 6.69. The van der Waals surface area contributed by atoms with E-state index >= 15 is 0 Å². The van der Waals surface area contributed by atoms with Crippen LogP contribution in [-0.2, 0) is 10.0 Å². The van der Waals surface area contributed by atoms with E-state index in [2.05, 4.69) is 14.5 Å². The molecule has 2 heterocycles. The average molecular weight is 488 g/mol. The second-order valence-corrected chi connectivity index (χ2v) is 9.22. The van der Waals surface area contributed by atoms with Gasteiger partial charge in [-0.05, 0) is 37.1 Å². The van der Waals surface area contributed by atoms with Gasteiger partial charge in [-0.2, -0.15) is 8.42 Å². The van der Waals surface area contributed by atoms with Crippen molar-refractivity contribution in [1.82, 2.24) is 0 Å². The molecule has 2 aromatic carbocycles. The summed E-state index contributed by atoms with van der Waals surface area (Å²) >= 11 is 6.30. The number of sulfonamides is 1. The van der Waals surface area contributed by atoms with Crippen molar-refractivity contribution in [2.75, 3.05) is 16.8 Å². The number of para-hydroxylation sites is 2. The van der Waals surface area contributed by atoms with Crippen LogP contribution in [0.4, 0.5) is 24.5 Å². The number of nitrogens with one attached hydrogen (secondary N) is 1. The number of halogens is 4. The molecule has 1 N–H and O–H groups in total. The van der Waals surface area contributed by atoms with E-state index in [-0.39, 0.29) is 21.2 Å². The van der Waals surface area contributed by atoms with E-state index in [1.807, 2.05) is 0 Å². The monoisotopic (exact) mass is 487 g/mol. The number of alkyl halides is 3. The molecule has 1 saturated heterocycles. The Bertz CT molecular complexity index is 1220. The number of hydrogen-bond donors (Lipinski definition) is 1. The van der Waals surface area contributed by atoms with Crippen LogP contribution in [0.1, 0.15) is 36.0 Å². The van der Waals surface area contributed by atoms with Gasteiger partial charge >= 0.3 is 6.36 Å². The minimum absolute atomic E-state index is 0.0452. The Hall–Kier alpha value is -2.79. The number of carbonyl (C=O) groups excluding carboxylic acids is 1. The number of rotatable bonds is 3. The normalized spacial score (nSPS) is 17.5. The van der Waals surface area contributed by atoms with Crippen LogP contribution in [0.5, 0.6) is 5.75 Å². The summed E-state index contributed by atoms with van der Waals surface area (Å²) in [7, 11) is -4.07. The highest BCUT2D eigenvalue weighted by atomic mass is 35.5. The van der Waals surface area contributed by atoms with Crippen molar-refractivity contribution in [3.05, 3.63) is 47.0 Å². The highest BCUT2D eigenvalue weighted by Gasteiger charge is 2.34. The minimum Gasteiger partial charge on any atom is -0.404 e. The summed E-state index contributed by atoms with van der Waals surface area (Å²) < 4.78 is 71.3. The Morgan fingerprint density at radius 2 is 1.91 bits per heavy atom. The fraction of sp³-hybridized carbons (Fsp3) is 0.300. The lowest BCUT2D eigenvalue weighted by Crippen LogP contribution is -2.35. The maximum absolute atomic E-state index is 12.8. The van der Waals surface area contributed by atoms with Gasteiger partial charge in [-0.25, -0.2) is 0 Å². The summed E-state index contributed by atoms with van der Waals surface area (Å²) in [6, 6.07) is 7.45. The molecule has 0 aromatic heterocycles. The Balaban J connectivity index is 1.70. The lowest BCUT2D eigenvalue weighted by Gasteiger charge is -2.30. The Kier molecular flexibility index (Phi) is 5.80. The number of amides is 1. The van der Waals surface area contributed by atoms with Crippen molar-refractivity contribution in [3.63, 3.8) is 0 Å². The fourth-order valence-corrected chi connectivity index (χ4v) is 5.15. The molecule has 1 fully saturated rings. The summed E-state index contributed by atoms with van der Waals surface area (Å²) in [5.74, 6) is -1.08. The third kappa shape index (κ3) is 4.53. The lowest BCUT2D eigenvalue weighted by molar-refractivity contribution is -0.274. The molecule has 1 amide bonds. The molecule has 170 valence electrons. The maximum Gasteiger partial charge on any atom is 0.573 e. The van der Waals surface area contributed by atoms with Gasteiger partial charge in [0.15, 0.2) is 5.75 Å².